The number of ether oxygens (including phenoxy) is 1. The predicted molar refractivity (Wildman–Crippen MR) is 55.0 cm³/mol. The first-order valence-electron chi connectivity index (χ1n) is 4.92. The second kappa shape index (κ2) is 5.73. The van der Waals surface area contributed by atoms with E-state index < -0.39 is 6.10 Å². The first-order valence-corrected chi connectivity index (χ1v) is 4.92. The van der Waals surface area contributed by atoms with Crippen LogP contribution in [0.1, 0.15) is 30.7 Å². The number of aliphatic hydroxyl groups excluding tert-OH is 1. The van der Waals surface area contributed by atoms with Crippen LogP contribution in [0.4, 0.5) is 0 Å². The molecule has 1 aromatic rings. The molecule has 1 unspecified atom stereocenters. The second-order valence-corrected chi connectivity index (χ2v) is 3.32. The molecule has 0 radical (unpaired) electrons. The van der Waals surface area contributed by atoms with E-state index in [2.05, 4.69) is 4.98 Å². The molecule has 1 heterocycles. The van der Waals surface area contributed by atoms with E-state index in [0.717, 1.165) is 17.7 Å². The molecule has 1 rings (SSSR count). The number of aromatic nitrogens is 1. The Bertz CT molecular complexity index is 258. The van der Waals surface area contributed by atoms with Crippen LogP contribution in [0.3, 0.4) is 0 Å². The van der Waals surface area contributed by atoms with Gasteiger partial charge in [-0.25, -0.2) is 0 Å². The smallest absolute Gasteiger partial charge is 0.104 e. The van der Waals surface area contributed by atoms with E-state index in [1.54, 1.807) is 6.20 Å². The largest absolute Gasteiger partial charge is 0.386 e. The lowest BCUT2D eigenvalue weighted by Gasteiger charge is -2.10. The summed E-state index contributed by atoms with van der Waals surface area (Å²) >= 11 is 0. The molecule has 3 nitrogen and oxygen atoms in total. The Hall–Kier alpha value is -0.930. The molecule has 0 saturated carbocycles. The van der Waals surface area contributed by atoms with Gasteiger partial charge in [0.2, 0.25) is 0 Å². The molecule has 1 atom stereocenters. The Morgan fingerprint density at radius 3 is 2.86 bits per heavy atom. The Morgan fingerprint density at radius 2 is 2.29 bits per heavy atom. The Labute approximate surface area is 84.7 Å². The monoisotopic (exact) mass is 195 g/mol. The van der Waals surface area contributed by atoms with E-state index in [0.29, 0.717) is 13.2 Å². The molecule has 0 amide bonds. The summed E-state index contributed by atoms with van der Waals surface area (Å²) in [5.74, 6) is 0. The molecule has 0 bridgehead atoms. The molecular formula is C11H17NO2. The average molecular weight is 195 g/mol. The van der Waals surface area contributed by atoms with Gasteiger partial charge < -0.3 is 9.84 Å². The highest BCUT2D eigenvalue weighted by Crippen LogP contribution is 2.11. The highest BCUT2D eigenvalue weighted by molar-refractivity contribution is 5.15. The molecule has 0 aromatic carbocycles. The molecule has 1 aromatic heterocycles. The lowest BCUT2D eigenvalue weighted by molar-refractivity contribution is 0.0362. The molecule has 0 aliphatic carbocycles. The van der Waals surface area contributed by atoms with Crippen molar-refractivity contribution < 1.29 is 9.84 Å². The number of nitrogens with zero attached hydrogens (tertiary/aromatic N) is 1. The van der Waals surface area contributed by atoms with Gasteiger partial charge in [0.1, 0.15) is 6.10 Å². The molecule has 3 heteroatoms. The first-order chi connectivity index (χ1) is 6.74. The summed E-state index contributed by atoms with van der Waals surface area (Å²) in [6, 6.07) is 3.76. The molecule has 0 spiro atoms. The van der Waals surface area contributed by atoms with Crippen LogP contribution in [0.2, 0.25) is 0 Å². The molecule has 1 N–H and O–H groups in total. The number of hydrogen-bond acceptors (Lipinski definition) is 3. The average Bonchev–Trinajstić information content (AvgIpc) is 2.19. The third-order valence-electron chi connectivity index (χ3n) is 1.94. The summed E-state index contributed by atoms with van der Waals surface area (Å²) in [6.07, 6.45) is 2.10. The van der Waals surface area contributed by atoms with E-state index in [9.17, 15) is 5.11 Å². The zero-order chi connectivity index (χ0) is 10.4. The van der Waals surface area contributed by atoms with Crippen LogP contribution in [0, 0.1) is 6.92 Å². The fourth-order valence-corrected chi connectivity index (χ4v) is 1.11. The van der Waals surface area contributed by atoms with Gasteiger partial charge in [-0.15, -0.1) is 0 Å². The highest BCUT2D eigenvalue weighted by atomic mass is 16.5. The zero-order valence-corrected chi connectivity index (χ0v) is 8.73. The predicted octanol–water partition coefficient (Wildman–Crippen LogP) is 1.85. The fraction of sp³-hybridized carbons (Fsp3) is 0.545. The van der Waals surface area contributed by atoms with Gasteiger partial charge >= 0.3 is 0 Å². The summed E-state index contributed by atoms with van der Waals surface area (Å²) in [5, 5.41) is 9.67. The number of hydrogen-bond donors (Lipinski definition) is 1. The third-order valence-corrected chi connectivity index (χ3v) is 1.94. The minimum atomic E-state index is -0.561. The summed E-state index contributed by atoms with van der Waals surface area (Å²) in [6.45, 7) is 5.00. The summed E-state index contributed by atoms with van der Waals surface area (Å²) < 4.78 is 5.25. The van der Waals surface area contributed by atoms with Crippen LogP contribution >= 0.6 is 0 Å². The molecule has 0 saturated heterocycles. The van der Waals surface area contributed by atoms with E-state index in [-0.39, 0.29) is 0 Å². The van der Waals surface area contributed by atoms with E-state index in [1.807, 2.05) is 26.0 Å². The van der Waals surface area contributed by atoms with Gasteiger partial charge in [-0.2, -0.15) is 0 Å². The molecule has 0 fully saturated rings. The first kappa shape index (κ1) is 11.1. The van der Waals surface area contributed by atoms with Gasteiger partial charge in [-0.05, 0) is 19.4 Å². The van der Waals surface area contributed by atoms with E-state index in [1.165, 1.54) is 0 Å². The van der Waals surface area contributed by atoms with Crippen molar-refractivity contribution in [2.24, 2.45) is 0 Å². The van der Waals surface area contributed by atoms with Gasteiger partial charge in [0.05, 0.1) is 6.61 Å². The number of aliphatic hydroxyl groups is 1. The second-order valence-electron chi connectivity index (χ2n) is 3.32. The van der Waals surface area contributed by atoms with Crippen molar-refractivity contribution in [2.75, 3.05) is 13.2 Å². The molecule has 0 aliphatic heterocycles. The van der Waals surface area contributed by atoms with Crippen molar-refractivity contribution in [1.29, 1.82) is 0 Å². The van der Waals surface area contributed by atoms with Crippen molar-refractivity contribution in [3.63, 3.8) is 0 Å². The van der Waals surface area contributed by atoms with Crippen LogP contribution in [0.5, 0.6) is 0 Å². The van der Waals surface area contributed by atoms with Gasteiger partial charge in [-0.3, -0.25) is 4.98 Å². The zero-order valence-electron chi connectivity index (χ0n) is 8.73. The molecule has 0 aliphatic rings. The van der Waals surface area contributed by atoms with Gasteiger partial charge in [0.15, 0.2) is 0 Å². The highest BCUT2D eigenvalue weighted by Gasteiger charge is 2.06. The van der Waals surface area contributed by atoms with Crippen LogP contribution in [0.15, 0.2) is 18.3 Å². The molecular weight excluding hydrogens is 178 g/mol. The van der Waals surface area contributed by atoms with Crippen LogP contribution in [0.25, 0.3) is 0 Å². The number of pyridine rings is 1. The summed E-state index contributed by atoms with van der Waals surface area (Å²) in [4.78, 5) is 4.11. The van der Waals surface area contributed by atoms with Crippen LogP contribution in [-0.4, -0.2) is 23.3 Å². The molecule has 78 valence electrons. The Kier molecular flexibility index (Phi) is 4.56. The van der Waals surface area contributed by atoms with Crippen molar-refractivity contribution in [1.82, 2.24) is 4.98 Å². The minimum absolute atomic E-state index is 0.346. The topological polar surface area (TPSA) is 42.4 Å². The quantitative estimate of drug-likeness (QED) is 0.729. The maximum atomic E-state index is 9.67. The number of rotatable bonds is 5. The van der Waals surface area contributed by atoms with Crippen molar-refractivity contribution in [3.8, 4) is 0 Å². The van der Waals surface area contributed by atoms with Crippen LogP contribution < -0.4 is 0 Å². The van der Waals surface area contributed by atoms with Crippen molar-refractivity contribution in [2.45, 2.75) is 26.4 Å². The van der Waals surface area contributed by atoms with Crippen LogP contribution in [-0.2, 0) is 4.74 Å². The SMILES string of the molecule is CCCOCC(O)c1ccc(C)nc1. The van der Waals surface area contributed by atoms with Gasteiger partial charge in [0, 0.05) is 24.1 Å². The van der Waals surface area contributed by atoms with E-state index in [4.69, 9.17) is 4.74 Å². The van der Waals surface area contributed by atoms with Crippen molar-refractivity contribution >= 4 is 0 Å². The lowest BCUT2D eigenvalue weighted by Crippen LogP contribution is -2.08. The maximum Gasteiger partial charge on any atom is 0.104 e. The fourth-order valence-electron chi connectivity index (χ4n) is 1.11. The lowest BCUT2D eigenvalue weighted by atomic mass is 10.1. The Morgan fingerprint density at radius 1 is 1.50 bits per heavy atom. The summed E-state index contributed by atoms with van der Waals surface area (Å²) in [7, 11) is 0. The minimum Gasteiger partial charge on any atom is -0.386 e. The number of aryl methyl sites for hydroxylation is 1. The molecule has 14 heavy (non-hydrogen) atoms. The van der Waals surface area contributed by atoms with Gasteiger partial charge in [0.25, 0.3) is 0 Å². The maximum absolute atomic E-state index is 9.67. The summed E-state index contributed by atoms with van der Waals surface area (Å²) in [5.41, 5.74) is 1.77. The normalized spacial score (nSPS) is 12.8. The van der Waals surface area contributed by atoms with E-state index >= 15 is 0 Å². The third kappa shape index (κ3) is 3.44. The van der Waals surface area contributed by atoms with Gasteiger partial charge in [-0.1, -0.05) is 13.0 Å². The Balaban J connectivity index is 2.43. The standard InChI is InChI=1S/C11H17NO2/c1-3-6-14-8-11(13)10-5-4-9(2)12-7-10/h4-5,7,11,13H,3,6,8H2,1-2H3. The van der Waals surface area contributed by atoms with Crippen molar-refractivity contribution in [3.05, 3.63) is 29.6 Å².